The predicted molar refractivity (Wildman–Crippen MR) is 106 cm³/mol. The molecule has 1 amide bonds. The molecule has 1 aromatic carbocycles. The normalized spacial score (nSPS) is 11.3. The first-order valence-electron chi connectivity index (χ1n) is 8.45. The maximum atomic E-state index is 12.2. The lowest BCUT2D eigenvalue weighted by Gasteiger charge is -2.07. The van der Waals surface area contributed by atoms with Crippen molar-refractivity contribution < 1.29 is 9.53 Å². The molecule has 3 rings (SSSR count). The van der Waals surface area contributed by atoms with Crippen molar-refractivity contribution in [3.05, 3.63) is 41.3 Å². The van der Waals surface area contributed by atoms with Crippen LogP contribution in [-0.4, -0.2) is 30.6 Å². The van der Waals surface area contributed by atoms with E-state index in [4.69, 9.17) is 4.74 Å². The zero-order chi connectivity index (χ0) is 17.6. The third-order valence-electron chi connectivity index (χ3n) is 3.54. The number of thiazole rings is 1. The fraction of sp³-hybridized carbons (Fsp3) is 0.368. The summed E-state index contributed by atoms with van der Waals surface area (Å²) in [6.07, 6.45) is 0.828. The molecule has 2 heterocycles. The molecule has 0 fully saturated rings. The molecular formula is C19H22N2O2S2. The number of rotatable bonds is 8. The molecule has 0 unspecified atom stereocenters. The largest absolute Gasteiger partial charge is 0.381 e. The van der Waals surface area contributed by atoms with Gasteiger partial charge >= 0.3 is 0 Å². The van der Waals surface area contributed by atoms with Crippen LogP contribution in [0.15, 0.2) is 36.4 Å². The minimum atomic E-state index is -0.0266. The second-order valence-corrected chi connectivity index (χ2v) is 8.34. The van der Waals surface area contributed by atoms with E-state index in [1.54, 1.807) is 11.3 Å². The van der Waals surface area contributed by atoms with Gasteiger partial charge in [-0.3, -0.25) is 4.79 Å². The molecule has 0 saturated carbocycles. The van der Waals surface area contributed by atoms with E-state index in [-0.39, 0.29) is 5.91 Å². The van der Waals surface area contributed by atoms with Crippen molar-refractivity contribution in [2.24, 2.45) is 5.92 Å². The number of benzene rings is 1. The van der Waals surface area contributed by atoms with Gasteiger partial charge in [0.25, 0.3) is 5.91 Å². The van der Waals surface area contributed by atoms with Crippen LogP contribution in [0, 0.1) is 5.92 Å². The van der Waals surface area contributed by atoms with E-state index in [9.17, 15) is 4.79 Å². The molecule has 0 bridgehead atoms. The van der Waals surface area contributed by atoms with Gasteiger partial charge in [-0.1, -0.05) is 26.0 Å². The summed E-state index contributed by atoms with van der Waals surface area (Å²) in [5.41, 5.74) is 1.00. The Bertz CT molecular complexity index is 806. The summed E-state index contributed by atoms with van der Waals surface area (Å²) in [5, 5.41) is 3.92. The Morgan fingerprint density at radius 3 is 2.84 bits per heavy atom. The van der Waals surface area contributed by atoms with Crippen LogP contribution >= 0.6 is 22.7 Å². The van der Waals surface area contributed by atoms with E-state index in [0.717, 1.165) is 33.3 Å². The molecule has 0 atom stereocenters. The summed E-state index contributed by atoms with van der Waals surface area (Å²) in [6.45, 7) is 6.33. The van der Waals surface area contributed by atoms with Crippen molar-refractivity contribution >= 4 is 38.8 Å². The highest BCUT2D eigenvalue weighted by Crippen LogP contribution is 2.34. The summed E-state index contributed by atoms with van der Waals surface area (Å²) in [6, 6.07) is 11.9. The lowest BCUT2D eigenvalue weighted by Crippen LogP contribution is -2.24. The van der Waals surface area contributed by atoms with Crippen molar-refractivity contribution in [1.29, 1.82) is 0 Å². The first-order valence-corrected chi connectivity index (χ1v) is 10.1. The van der Waals surface area contributed by atoms with Crippen LogP contribution < -0.4 is 5.32 Å². The Kier molecular flexibility index (Phi) is 6.18. The van der Waals surface area contributed by atoms with Crippen LogP contribution in [0.2, 0.25) is 0 Å². The molecule has 0 spiro atoms. The number of aromatic nitrogens is 1. The van der Waals surface area contributed by atoms with Crippen LogP contribution in [0.5, 0.6) is 0 Å². The lowest BCUT2D eigenvalue weighted by molar-refractivity contribution is 0.0928. The smallest absolute Gasteiger partial charge is 0.261 e. The molecule has 0 aliphatic rings. The first-order chi connectivity index (χ1) is 12.1. The molecular weight excluding hydrogens is 352 g/mol. The van der Waals surface area contributed by atoms with Crippen LogP contribution in [0.3, 0.4) is 0 Å². The Morgan fingerprint density at radius 2 is 2.04 bits per heavy atom. The van der Waals surface area contributed by atoms with Crippen molar-refractivity contribution in [1.82, 2.24) is 10.3 Å². The van der Waals surface area contributed by atoms with Gasteiger partial charge in [-0.15, -0.1) is 22.7 Å². The van der Waals surface area contributed by atoms with Gasteiger partial charge in [0.2, 0.25) is 0 Å². The minimum Gasteiger partial charge on any atom is -0.381 e. The summed E-state index contributed by atoms with van der Waals surface area (Å²) < 4.78 is 6.68. The van der Waals surface area contributed by atoms with Gasteiger partial charge in [0.1, 0.15) is 5.01 Å². The van der Waals surface area contributed by atoms with Crippen molar-refractivity contribution in [2.75, 3.05) is 19.8 Å². The number of fused-ring (bicyclic) bond motifs is 1. The number of hydrogen-bond donors (Lipinski definition) is 1. The van der Waals surface area contributed by atoms with E-state index < -0.39 is 0 Å². The van der Waals surface area contributed by atoms with Gasteiger partial charge in [-0.05, 0) is 36.6 Å². The van der Waals surface area contributed by atoms with Crippen LogP contribution in [-0.2, 0) is 4.74 Å². The quantitative estimate of drug-likeness (QED) is 0.575. The lowest BCUT2D eigenvalue weighted by atomic mass is 10.2. The van der Waals surface area contributed by atoms with Crippen molar-refractivity contribution in [3.63, 3.8) is 0 Å². The van der Waals surface area contributed by atoms with Crippen LogP contribution in [0.4, 0.5) is 0 Å². The van der Waals surface area contributed by atoms with Crippen molar-refractivity contribution in [2.45, 2.75) is 20.3 Å². The molecule has 4 nitrogen and oxygen atoms in total. The Balaban J connectivity index is 1.53. The molecule has 25 heavy (non-hydrogen) atoms. The highest BCUT2D eigenvalue weighted by molar-refractivity contribution is 7.26. The van der Waals surface area contributed by atoms with Crippen molar-refractivity contribution in [3.8, 4) is 9.88 Å². The molecule has 2 aromatic heterocycles. The minimum absolute atomic E-state index is 0.0266. The molecule has 132 valence electrons. The molecule has 0 aliphatic carbocycles. The van der Waals surface area contributed by atoms with Gasteiger partial charge in [-0.2, -0.15) is 0 Å². The molecule has 0 aliphatic heterocycles. The molecule has 1 N–H and O–H groups in total. The summed E-state index contributed by atoms with van der Waals surface area (Å²) in [4.78, 5) is 18.6. The number of thiophene rings is 1. The van der Waals surface area contributed by atoms with Crippen LogP contribution in [0.1, 0.15) is 29.9 Å². The zero-order valence-electron chi connectivity index (χ0n) is 14.5. The second kappa shape index (κ2) is 8.56. The van der Waals surface area contributed by atoms with Crippen LogP contribution in [0.25, 0.3) is 20.1 Å². The predicted octanol–water partition coefficient (Wildman–Crippen LogP) is 4.82. The van der Waals surface area contributed by atoms with E-state index in [2.05, 4.69) is 30.2 Å². The average Bonchev–Trinajstić information content (AvgIpc) is 3.23. The Morgan fingerprint density at radius 1 is 1.20 bits per heavy atom. The van der Waals surface area contributed by atoms with Gasteiger partial charge in [-0.25, -0.2) is 4.98 Å². The number of hydrogen-bond acceptors (Lipinski definition) is 5. The first kappa shape index (κ1) is 18.0. The number of nitrogens with one attached hydrogen (secondary N) is 1. The maximum Gasteiger partial charge on any atom is 0.261 e. The molecule has 6 heteroatoms. The fourth-order valence-corrected chi connectivity index (χ4v) is 4.28. The monoisotopic (exact) mass is 374 g/mol. The molecule has 0 saturated heterocycles. The molecule has 0 radical (unpaired) electrons. The number of nitrogens with zero attached hydrogens (tertiary/aromatic N) is 1. The zero-order valence-corrected chi connectivity index (χ0v) is 16.1. The third-order valence-corrected chi connectivity index (χ3v) is 5.83. The Hall–Kier alpha value is -1.76. The topological polar surface area (TPSA) is 51.2 Å². The average molecular weight is 375 g/mol. The second-order valence-electron chi connectivity index (χ2n) is 6.23. The number of ether oxygens (including phenoxy) is 1. The van der Waals surface area contributed by atoms with Gasteiger partial charge in [0, 0.05) is 19.8 Å². The Labute approximate surface area is 155 Å². The van der Waals surface area contributed by atoms with Gasteiger partial charge in [0.15, 0.2) is 0 Å². The summed E-state index contributed by atoms with van der Waals surface area (Å²) >= 11 is 3.14. The van der Waals surface area contributed by atoms with E-state index >= 15 is 0 Å². The summed E-state index contributed by atoms with van der Waals surface area (Å²) in [5.74, 6) is 0.517. The number of para-hydroxylation sites is 1. The summed E-state index contributed by atoms with van der Waals surface area (Å²) in [7, 11) is 0. The number of carbonyl (C=O) groups is 1. The van der Waals surface area contributed by atoms with E-state index in [1.807, 2.05) is 30.3 Å². The number of amides is 1. The highest BCUT2D eigenvalue weighted by atomic mass is 32.1. The highest BCUT2D eigenvalue weighted by Gasteiger charge is 2.12. The van der Waals surface area contributed by atoms with E-state index in [1.165, 1.54) is 16.0 Å². The third kappa shape index (κ3) is 4.87. The molecule has 3 aromatic rings. The standard InChI is InChI=1S/C19H22N2O2S2/c1-13(2)12-23-11-5-10-20-18(22)16-8-9-17(24-16)19-21-14-6-3-4-7-15(14)25-19/h3-4,6-9,13H,5,10-12H2,1-2H3,(H,20,22). The number of carbonyl (C=O) groups excluding carboxylic acids is 1. The fourth-order valence-electron chi connectivity index (χ4n) is 2.33. The van der Waals surface area contributed by atoms with Gasteiger partial charge in [0.05, 0.1) is 20.0 Å². The maximum absolute atomic E-state index is 12.2. The van der Waals surface area contributed by atoms with E-state index in [0.29, 0.717) is 19.1 Å². The SMILES string of the molecule is CC(C)COCCCNC(=O)c1ccc(-c2nc3ccccc3s2)s1. The van der Waals surface area contributed by atoms with Gasteiger partial charge < -0.3 is 10.1 Å².